The third kappa shape index (κ3) is 1.76. The number of halogens is 1. The molecule has 2 rings (SSSR count). The molecule has 0 amide bonds. The van der Waals surface area contributed by atoms with Gasteiger partial charge >= 0.3 is 0 Å². The van der Waals surface area contributed by atoms with Crippen molar-refractivity contribution in [2.45, 2.75) is 11.8 Å². The number of H-pyrrole nitrogens is 1. The number of fused-ring (bicyclic) bond motifs is 1. The first-order valence-corrected chi connectivity index (χ1v) is 6.21. The Kier molecular flexibility index (Phi) is 2.51. The number of hydrogen-bond donors (Lipinski definition) is 1. The van der Waals surface area contributed by atoms with E-state index in [-0.39, 0.29) is 0 Å². The van der Waals surface area contributed by atoms with Crippen molar-refractivity contribution in [1.82, 2.24) is 4.98 Å². The highest BCUT2D eigenvalue weighted by Crippen LogP contribution is 2.25. The van der Waals surface area contributed by atoms with Gasteiger partial charge in [0.05, 0.1) is 10.4 Å². The molecule has 76 valence electrons. The molecule has 1 heterocycles. The standard InChI is InChI=1S/C10H7ClN2OS/c1-6-2-7-4-8(5-12)13-10(7)9(3-6)15(11)14/h2-4,13H,1H3. The van der Waals surface area contributed by atoms with E-state index in [1.54, 1.807) is 12.1 Å². The zero-order valence-corrected chi connectivity index (χ0v) is 9.45. The lowest BCUT2D eigenvalue weighted by Gasteiger charge is -1.99. The van der Waals surface area contributed by atoms with Crippen LogP contribution in [0.4, 0.5) is 0 Å². The topological polar surface area (TPSA) is 56.6 Å². The Labute approximate surface area is 93.6 Å². The van der Waals surface area contributed by atoms with Gasteiger partial charge in [-0.1, -0.05) is 0 Å². The molecule has 3 nitrogen and oxygen atoms in total. The molecule has 5 heteroatoms. The summed E-state index contributed by atoms with van der Waals surface area (Å²) in [6.45, 7) is 1.89. The van der Waals surface area contributed by atoms with Gasteiger partial charge in [-0.05, 0) is 41.4 Å². The molecule has 1 unspecified atom stereocenters. The second-order valence-corrected chi connectivity index (χ2v) is 4.97. The summed E-state index contributed by atoms with van der Waals surface area (Å²) in [5.74, 6) is 0. The highest BCUT2D eigenvalue weighted by atomic mass is 35.7. The monoisotopic (exact) mass is 238 g/mol. The number of nitrogens with one attached hydrogen (secondary N) is 1. The molecule has 0 saturated carbocycles. The number of hydrogen-bond acceptors (Lipinski definition) is 2. The van der Waals surface area contributed by atoms with E-state index >= 15 is 0 Å². The van der Waals surface area contributed by atoms with Crippen LogP contribution in [0.3, 0.4) is 0 Å². The Hall–Kier alpha value is -1.31. The van der Waals surface area contributed by atoms with Crippen molar-refractivity contribution in [3.8, 4) is 6.07 Å². The Balaban J connectivity index is 2.85. The fourth-order valence-corrected chi connectivity index (χ4v) is 2.51. The number of nitrogens with zero attached hydrogens (tertiary/aromatic N) is 1. The first-order valence-electron chi connectivity index (χ1n) is 4.23. The molecule has 0 bridgehead atoms. The first-order chi connectivity index (χ1) is 7.11. The third-order valence-electron chi connectivity index (χ3n) is 2.13. The van der Waals surface area contributed by atoms with E-state index < -0.39 is 10.0 Å². The molecule has 15 heavy (non-hydrogen) atoms. The number of aryl methyl sites for hydroxylation is 1. The molecule has 2 aromatic rings. The van der Waals surface area contributed by atoms with Crippen LogP contribution < -0.4 is 0 Å². The van der Waals surface area contributed by atoms with E-state index in [1.165, 1.54) is 0 Å². The summed E-state index contributed by atoms with van der Waals surface area (Å²) in [4.78, 5) is 3.41. The summed E-state index contributed by atoms with van der Waals surface area (Å²) in [6.07, 6.45) is 0. The van der Waals surface area contributed by atoms with Crippen molar-refractivity contribution in [2.75, 3.05) is 0 Å². The number of benzene rings is 1. The van der Waals surface area contributed by atoms with Crippen LogP contribution in [0, 0.1) is 18.3 Å². The second-order valence-electron chi connectivity index (χ2n) is 3.25. The van der Waals surface area contributed by atoms with Gasteiger partial charge in [0.1, 0.15) is 21.8 Å². The molecular formula is C10H7ClN2OS. The molecule has 0 aliphatic rings. The molecule has 0 fully saturated rings. The zero-order chi connectivity index (χ0) is 11.0. The van der Waals surface area contributed by atoms with Crippen LogP contribution in [-0.4, -0.2) is 9.19 Å². The highest BCUT2D eigenvalue weighted by Gasteiger charge is 2.10. The SMILES string of the molecule is Cc1cc(S(=O)Cl)c2[nH]c(C#N)cc2c1. The fraction of sp³-hybridized carbons (Fsp3) is 0.100. The predicted octanol–water partition coefficient (Wildman–Crippen LogP) is 2.61. The van der Waals surface area contributed by atoms with E-state index in [9.17, 15) is 4.21 Å². The predicted molar refractivity (Wildman–Crippen MR) is 60.0 cm³/mol. The number of aromatic nitrogens is 1. The summed E-state index contributed by atoms with van der Waals surface area (Å²) in [6, 6.07) is 7.39. The Morgan fingerprint density at radius 1 is 1.47 bits per heavy atom. The number of aromatic amines is 1. The lowest BCUT2D eigenvalue weighted by molar-refractivity contribution is 0.691. The number of nitriles is 1. The average molecular weight is 239 g/mol. The molecule has 0 saturated heterocycles. The van der Waals surface area contributed by atoms with E-state index in [4.69, 9.17) is 15.9 Å². The van der Waals surface area contributed by atoms with E-state index in [1.807, 2.05) is 19.1 Å². The quantitative estimate of drug-likeness (QED) is 0.777. The Morgan fingerprint density at radius 2 is 2.20 bits per heavy atom. The van der Waals surface area contributed by atoms with Crippen molar-refractivity contribution in [3.63, 3.8) is 0 Å². The van der Waals surface area contributed by atoms with Gasteiger partial charge in [-0.15, -0.1) is 0 Å². The molecule has 1 aromatic heterocycles. The number of rotatable bonds is 1. The van der Waals surface area contributed by atoms with E-state index in [0.717, 1.165) is 10.9 Å². The van der Waals surface area contributed by atoms with Crippen LogP contribution in [0.25, 0.3) is 10.9 Å². The van der Waals surface area contributed by atoms with Crippen LogP contribution in [0.5, 0.6) is 0 Å². The van der Waals surface area contributed by atoms with Gasteiger partial charge in [0, 0.05) is 5.39 Å². The summed E-state index contributed by atoms with van der Waals surface area (Å²) in [5.41, 5.74) is 2.08. The third-order valence-corrected chi connectivity index (χ3v) is 3.30. The summed E-state index contributed by atoms with van der Waals surface area (Å²) >= 11 is 0. The van der Waals surface area contributed by atoms with E-state index in [2.05, 4.69) is 4.98 Å². The molecule has 0 aliphatic heterocycles. The largest absolute Gasteiger partial charge is 0.345 e. The normalized spacial score (nSPS) is 12.6. The van der Waals surface area contributed by atoms with Gasteiger partial charge in [-0.3, -0.25) is 0 Å². The highest BCUT2D eigenvalue weighted by molar-refractivity contribution is 8.08. The maximum absolute atomic E-state index is 11.3. The average Bonchev–Trinajstić information content (AvgIpc) is 2.58. The van der Waals surface area contributed by atoms with Crippen molar-refractivity contribution >= 4 is 31.6 Å². The van der Waals surface area contributed by atoms with Crippen LogP contribution in [0.15, 0.2) is 23.1 Å². The molecule has 0 radical (unpaired) electrons. The summed E-state index contributed by atoms with van der Waals surface area (Å²) in [5, 5.41) is 9.60. The minimum absolute atomic E-state index is 0.443. The van der Waals surface area contributed by atoms with E-state index in [0.29, 0.717) is 16.1 Å². The van der Waals surface area contributed by atoms with Gasteiger partial charge in [0.2, 0.25) is 0 Å². The molecule has 0 aliphatic carbocycles. The smallest absolute Gasteiger partial charge is 0.149 e. The molecule has 1 N–H and O–H groups in total. The van der Waals surface area contributed by atoms with Gasteiger partial charge < -0.3 is 4.98 Å². The molecule has 1 atom stereocenters. The minimum atomic E-state index is -1.57. The molecular weight excluding hydrogens is 232 g/mol. The lowest BCUT2D eigenvalue weighted by atomic mass is 10.2. The van der Waals surface area contributed by atoms with Gasteiger partial charge in [0.15, 0.2) is 0 Å². The van der Waals surface area contributed by atoms with Crippen molar-refractivity contribution in [3.05, 3.63) is 29.5 Å². The zero-order valence-electron chi connectivity index (χ0n) is 7.87. The Morgan fingerprint density at radius 3 is 2.80 bits per heavy atom. The van der Waals surface area contributed by atoms with Gasteiger partial charge in [-0.2, -0.15) is 5.26 Å². The summed E-state index contributed by atoms with van der Waals surface area (Å²) in [7, 11) is 4.00. The maximum atomic E-state index is 11.3. The minimum Gasteiger partial charge on any atom is -0.345 e. The van der Waals surface area contributed by atoms with Gasteiger partial charge in [-0.25, -0.2) is 4.21 Å². The second kappa shape index (κ2) is 3.69. The Bertz CT molecular complexity index is 597. The van der Waals surface area contributed by atoms with Crippen LogP contribution in [0.1, 0.15) is 11.3 Å². The maximum Gasteiger partial charge on any atom is 0.149 e. The van der Waals surface area contributed by atoms with Crippen molar-refractivity contribution in [2.24, 2.45) is 0 Å². The fourth-order valence-electron chi connectivity index (χ4n) is 1.54. The van der Waals surface area contributed by atoms with Crippen molar-refractivity contribution in [1.29, 1.82) is 5.26 Å². The van der Waals surface area contributed by atoms with Crippen LogP contribution in [-0.2, 0) is 10.0 Å². The molecule has 0 spiro atoms. The van der Waals surface area contributed by atoms with Gasteiger partial charge in [0.25, 0.3) is 0 Å². The molecule has 1 aromatic carbocycles. The van der Waals surface area contributed by atoms with Crippen LogP contribution in [0.2, 0.25) is 0 Å². The lowest BCUT2D eigenvalue weighted by Crippen LogP contribution is -1.86. The first kappa shape index (κ1) is 10.2. The van der Waals surface area contributed by atoms with Crippen LogP contribution >= 0.6 is 10.7 Å². The summed E-state index contributed by atoms with van der Waals surface area (Å²) < 4.78 is 11.3. The van der Waals surface area contributed by atoms with Crippen molar-refractivity contribution < 1.29 is 4.21 Å².